The molecule has 0 bridgehead atoms. The fourth-order valence-corrected chi connectivity index (χ4v) is 3.49. The van der Waals surface area contributed by atoms with Crippen molar-refractivity contribution < 1.29 is 14.7 Å². The van der Waals surface area contributed by atoms with Crippen molar-refractivity contribution in [2.45, 2.75) is 50.1 Å². The Kier molecular flexibility index (Phi) is 3.81. The molecular weight excluding hydrogens is 240 g/mol. The molecule has 2 fully saturated rings. The lowest BCUT2D eigenvalue weighted by atomic mass is 9.93. The van der Waals surface area contributed by atoms with E-state index in [0.717, 1.165) is 25.7 Å². The number of carboxylic acids is 1. The number of urea groups is 1. The zero-order valence-corrected chi connectivity index (χ0v) is 10.7. The van der Waals surface area contributed by atoms with Gasteiger partial charge >= 0.3 is 12.0 Å². The highest BCUT2D eigenvalue weighted by molar-refractivity contribution is 8.00. The van der Waals surface area contributed by atoms with Crippen molar-refractivity contribution >= 4 is 23.8 Å². The predicted octanol–water partition coefficient (Wildman–Crippen LogP) is 1.49. The van der Waals surface area contributed by atoms with Crippen molar-refractivity contribution in [3.63, 3.8) is 0 Å². The average Bonchev–Trinajstić information content (AvgIpc) is 2.66. The third-order valence-corrected chi connectivity index (χ3v) is 4.85. The lowest BCUT2D eigenvalue weighted by Crippen LogP contribution is -2.53. The minimum absolute atomic E-state index is 0.00354. The molecule has 2 rings (SSSR count). The number of aliphatic carboxylic acids is 1. The van der Waals surface area contributed by atoms with Gasteiger partial charge in [-0.2, -0.15) is 0 Å². The quantitative estimate of drug-likeness (QED) is 0.804. The molecule has 0 spiro atoms. The number of carbonyl (C=O) groups is 2. The summed E-state index contributed by atoms with van der Waals surface area (Å²) in [5.74, 6) is -0.413. The summed E-state index contributed by atoms with van der Waals surface area (Å²) in [5, 5.41) is 12.0. The SMILES string of the molecule is CCC1SCC(C(=O)O)N1C(=O)NC1CCC1. The number of hydrogen-bond acceptors (Lipinski definition) is 3. The van der Waals surface area contributed by atoms with Gasteiger partial charge in [-0.3, -0.25) is 4.90 Å². The van der Waals surface area contributed by atoms with Crippen LogP contribution in [0.25, 0.3) is 0 Å². The molecule has 1 aliphatic heterocycles. The summed E-state index contributed by atoms with van der Waals surface area (Å²) >= 11 is 1.55. The Labute approximate surface area is 105 Å². The van der Waals surface area contributed by atoms with Crippen LogP contribution < -0.4 is 5.32 Å². The van der Waals surface area contributed by atoms with Crippen LogP contribution in [0.5, 0.6) is 0 Å². The topological polar surface area (TPSA) is 69.6 Å². The Bertz CT molecular complexity index is 320. The lowest BCUT2D eigenvalue weighted by Gasteiger charge is -2.32. The third-order valence-electron chi connectivity index (χ3n) is 3.39. The van der Waals surface area contributed by atoms with Crippen molar-refractivity contribution in [3.05, 3.63) is 0 Å². The lowest BCUT2D eigenvalue weighted by molar-refractivity contribution is -0.141. The van der Waals surface area contributed by atoms with Gasteiger partial charge in [0.25, 0.3) is 0 Å². The number of amides is 2. The average molecular weight is 258 g/mol. The highest BCUT2D eigenvalue weighted by Gasteiger charge is 2.41. The molecular formula is C11H18N2O3S. The maximum absolute atomic E-state index is 12.1. The van der Waals surface area contributed by atoms with Crippen molar-refractivity contribution in [1.82, 2.24) is 10.2 Å². The van der Waals surface area contributed by atoms with E-state index < -0.39 is 12.0 Å². The van der Waals surface area contributed by atoms with Crippen molar-refractivity contribution in [2.24, 2.45) is 0 Å². The van der Waals surface area contributed by atoms with Crippen molar-refractivity contribution in [1.29, 1.82) is 0 Å². The molecule has 0 radical (unpaired) electrons. The first-order valence-electron chi connectivity index (χ1n) is 6.06. The van der Waals surface area contributed by atoms with E-state index in [9.17, 15) is 9.59 Å². The number of nitrogens with zero attached hydrogens (tertiary/aromatic N) is 1. The van der Waals surface area contributed by atoms with E-state index in [0.29, 0.717) is 5.75 Å². The maximum atomic E-state index is 12.1. The largest absolute Gasteiger partial charge is 0.480 e. The zero-order chi connectivity index (χ0) is 12.4. The first-order valence-corrected chi connectivity index (χ1v) is 7.11. The second-order valence-corrected chi connectivity index (χ2v) is 5.75. The Hall–Kier alpha value is -0.910. The van der Waals surface area contributed by atoms with E-state index >= 15 is 0 Å². The smallest absolute Gasteiger partial charge is 0.327 e. The van der Waals surface area contributed by atoms with Gasteiger partial charge in [-0.15, -0.1) is 11.8 Å². The van der Waals surface area contributed by atoms with Gasteiger partial charge in [0.15, 0.2) is 0 Å². The number of carboxylic acid groups (broad SMARTS) is 1. The summed E-state index contributed by atoms with van der Waals surface area (Å²) in [6.07, 6.45) is 3.97. The Morgan fingerprint density at radius 1 is 1.47 bits per heavy atom. The van der Waals surface area contributed by atoms with Gasteiger partial charge in [-0.1, -0.05) is 6.92 Å². The van der Waals surface area contributed by atoms with E-state index in [2.05, 4.69) is 5.32 Å². The molecule has 1 saturated heterocycles. The molecule has 96 valence electrons. The number of hydrogen-bond donors (Lipinski definition) is 2. The number of nitrogens with one attached hydrogen (secondary N) is 1. The highest BCUT2D eigenvalue weighted by atomic mass is 32.2. The van der Waals surface area contributed by atoms with Crippen LogP contribution in [0.2, 0.25) is 0 Å². The van der Waals surface area contributed by atoms with E-state index in [1.807, 2.05) is 6.92 Å². The molecule has 1 aliphatic carbocycles. The van der Waals surface area contributed by atoms with Gasteiger partial charge in [0.2, 0.25) is 0 Å². The van der Waals surface area contributed by atoms with Gasteiger partial charge in [0.1, 0.15) is 6.04 Å². The summed E-state index contributed by atoms with van der Waals surface area (Å²) in [6.45, 7) is 1.98. The molecule has 0 aromatic rings. The third kappa shape index (κ3) is 2.51. The van der Waals surface area contributed by atoms with Crippen LogP contribution >= 0.6 is 11.8 Å². The highest BCUT2D eigenvalue weighted by Crippen LogP contribution is 2.31. The van der Waals surface area contributed by atoms with Crippen LogP contribution in [0, 0.1) is 0 Å². The molecule has 1 saturated carbocycles. The zero-order valence-electron chi connectivity index (χ0n) is 9.89. The number of rotatable bonds is 3. The first-order chi connectivity index (χ1) is 8.13. The predicted molar refractivity (Wildman–Crippen MR) is 66.0 cm³/mol. The van der Waals surface area contributed by atoms with E-state index in [4.69, 9.17) is 5.11 Å². The first kappa shape index (κ1) is 12.5. The molecule has 1 heterocycles. The molecule has 17 heavy (non-hydrogen) atoms. The van der Waals surface area contributed by atoms with Crippen LogP contribution in [-0.2, 0) is 4.79 Å². The number of thioether (sulfide) groups is 1. The summed E-state index contributed by atoms with van der Waals surface area (Å²) in [6, 6.07) is -0.635. The standard InChI is InChI=1S/C11H18N2O3S/c1-2-9-13(8(6-17-9)10(14)15)11(16)12-7-4-3-5-7/h7-9H,2-6H2,1H3,(H,12,16)(H,14,15). The monoisotopic (exact) mass is 258 g/mol. The Morgan fingerprint density at radius 3 is 2.65 bits per heavy atom. The summed E-state index contributed by atoms with van der Waals surface area (Å²) < 4.78 is 0. The van der Waals surface area contributed by atoms with E-state index in [1.165, 1.54) is 4.90 Å². The molecule has 5 nitrogen and oxygen atoms in total. The normalized spacial score (nSPS) is 28.9. The molecule has 2 N–H and O–H groups in total. The molecule has 2 aliphatic rings. The Balaban J connectivity index is 2.01. The van der Waals surface area contributed by atoms with Gasteiger partial charge in [-0.05, 0) is 25.7 Å². The van der Waals surface area contributed by atoms with Crippen LogP contribution in [0.3, 0.4) is 0 Å². The van der Waals surface area contributed by atoms with Gasteiger partial charge in [-0.25, -0.2) is 9.59 Å². The molecule has 2 unspecified atom stereocenters. The van der Waals surface area contributed by atoms with E-state index in [1.54, 1.807) is 11.8 Å². The van der Waals surface area contributed by atoms with Crippen LogP contribution in [-0.4, -0.2) is 45.2 Å². The van der Waals surface area contributed by atoms with Crippen LogP contribution in [0.1, 0.15) is 32.6 Å². The molecule has 0 aromatic heterocycles. The number of carbonyl (C=O) groups excluding carboxylic acids is 1. The van der Waals surface area contributed by atoms with Gasteiger partial charge < -0.3 is 10.4 Å². The minimum Gasteiger partial charge on any atom is -0.480 e. The summed E-state index contributed by atoms with van der Waals surface area (Å²) in [5.41, 5.74) is 0. The van der Waals surface area contributed by atoms with Gasteiger partial charge in [0.05, 0.1) is 5.37 Å². The molecule has 2 atom stereocenters. The van der Waals surface area contributed by atoms with E-state index in [-0.39, 0.29) is 17.4 Å². The van der Waals surface area contributed by atoms with Crippen molar-refractivity contribution in [2.75, 3.05) is 5.75 Å². The molecule has 0 aromatic carbocycles. The fourth-order valence-electron chi connectivity index (χ4n) is 2.14. The second-order valence-electron chi connectivity index (χ2n) is 4.53. The fraction of sp³-hybridized carbons (Fsp3) is 0.818. The summed E-state index contributed by atoms with van der Waals surface area (Å²) in [4.78, 5) is 24.7. The maximum Gasteiger partial charge on any atom is 0.327 e. The molecule has 6 heteroatoms. The Morgan fingerprint density at radius 2 is 2.18 bits per heavy atom. The minimum atomic E-state index is -0.905. The van der Waals surface area contributed by atoms with Crippen LogP contribution in [0.15, 0.2) is 0 Å². The second kappa shape index (κ2) is 5.16. The van der Waals surface area contributed by atoms with Crippen LogP contribution in [0.4, 0.5) is 4.79 Å². The van der Waals surface area contributed by atoms with Crippen molar-refractivity contribution in [3.8, 4) is 0 Å². The van der Waals surface area contributed by atoms with Gasteiger partial charge in [0, 0.05) is 11.8 Å². The molecule has 2 amide bonds. The summed E-state index contributed by atoms with van der Waals surface area (Å²) in [7, 11) is 0.